The van der Waals surface area contributed by atoms with E-state index < -0.39 is 9.84 Å². The van der Waals surface area contributed by atoms with Gasteiger partial charge in [-0.05, 0) is 6.42 Å². The van der Waals surface area contributed by atoms with Gasteiger partial charge in [-0.2, -0.15) is 0 Å². The molecule has 0 aliphatic carbocycles. The third kappa shape index (κ3) is 2.00. The van der Waals surface area contributed by atoms with Crippen molar-refractivity contribution < 1.29 is 8.42 Å². The molecule has 1 atom stereocenters. The van der Waals surface area contributed by atoms with Gasteiger partial charge in [0.1, 0.15) is 0 Å². The van der Waals surface area contributed by atoms with Crippen molar-refractivity contribution in [2.45, 2.75) is 12.5 Å². The van der Waals surface area contributed by atoms with Gasteiger partial charge in [0.25, 0.3) is 0 Å². The lowest BCUT2D eigenvalue weighted by Crippen LogP contribution is -2.21. The van der Waals surface area contributed by atoms with Gasteiger partial charge >= 0.3 is 0 Å². The van der Waals surface area contributed by atoms with Gasteiger partial charge in [0.15, 0.2) is 15.8 Å². The van der Waals surface area contributed by atoms with Crippen LogP contribution >= 0.6 is 0 Å². The number of imidazole rings is 1. The molecule has 72 valence electrons. The first-order valence-electron chi connectivity index (χ1n) is 4.12. The predicted molar refractivity (Wildman–Crippen MR) is 49.3 cm³/mol. The smallest absolute Gasteiger partial charge is 0.200 e. The van der Waals surface area contributed by atoms with Crippen molar-refractivity contribution in [2.24, 2.45) is 0 Å². The third-order valence-electron chi connectivity index (χ3n) is 2.07. The summed E-state index contributed by atoms with van der Waals surface area (Å²) in [6, 6.07) is 0.0103. The first-order valence-corrected chi connectivity index (χ1v) is 5.94. The van der Waals surface area contributed by atoms with Gasteiger partial charge in [-0.25, -0.2) is 13.4 Å². The number of rotatable bonds is 2. The van der Waals surface area contributed by atoms with E-state index in [0.29, 0.717) is 12.4 Å². The Bertz CT molecular complexity index is 370. The summed E-state index contributed by atoms with van der Waals surface area (Å²) in [6.45, 7) is 0. The highest BCUT2D eigenvalue weighted by atomic mass is 32.2. The number of aromatic nitrogens is 2. The number of hydrogen-bond donors (Lipinski definition) is 2. The lowest BCUT2D eigenvalue weighted by atomic mass is 10.3. The molecule has 0 aromatic carbocycles. The molecule has 1 saturated heterocycles. The minimum atomic E-state index is -2.80. The minimum absolute atomic E-state index is 0.0103. The highest BCUT2D eigenvalue weighted by Gasteiger charge is 2.27. The summed E-state index contributed by atoms with van der Waals surface area (Å²) in [5.41, 5.74) is 0. The van der Waals surface area contributed by atoms with Crippen LogP contribution in [0.4, 0.5) is 5.95 Å². The van der Waals surface area contributed by atoms with Crippen molar-refractivity contribution in [3.8, 4) is 0 Å². The first kappa shape index (κ1) is 8.55. The molecule has 1 aliphatic heterocycles. The Kier molecular flexibility index (Phi) is 1.99. The maximum Gasteiger partial charge on any atom is 0.200 e. The van der Waals surface area contributed by atoms with Crippen LogP contribution in [-0.2, 0) is 9.84 Å². The lowest BCUT2D eigenvalue weighted by Gasteiger charge is -2.07. The second kappa shape index (κ2) is 3.02. The van der Waals surface area contributed by atoms with Crippen LogP contribution in [0.1, 0.15) is 6.42 Å². The quantitative estimate of drug-likeness (QED) is 0.706. The van der Waals surface area contributed by atoms with E-state index in [1.807, 2.05) is 0 Å². The average Bonchev–Trinajstić information content (AvgIpc) is 2.61. The lowest BCUT2D eigenvalue weighted by molar-refractivity contribution is 0.602. The number of aromatic amines is 1. The Morgan fingerprint density at radius 1 is 1.62 bits per heavy atom. The van der Waals surface area contributed by atoms with Crippen molar-refractivity contribution in [3.63, 3.8) is 0 Å². The summed E-state index contributed by atoms with van der Waals surface area (Å²) >= 11 is 0. The Morgan fingerprint density at radius 2 is 2.46 bits per heavy atom. The number of nitrogens with one attached hydrogen (secondary N) is 2. The van der Waals surface area contributed by atoms with Gasteiger partial charge in [0.2, 0.25) is 0 Å². The molecule has 0 amide bonds. The Hall–Kier alpha value is -1.04. The van der Waals surface area contributed by atoms with Crippen molar-refractivity contribution in [3.05, 3.63) is 12.4 Å². The van der Waals surface area contributed by atoms with Crippen LogP contribution in [0.15, 0.2) is 12.4 Å². The maximum absolute atomic E-state index is 11.1. The molecule has 1 fully saturated rings. The van der Waals surface area contributed by atoms with E-state index in [1.165, 1.54) is 0 Å². The monoisotopic (exact) mass is 201 g/mol. The molecular weight excluding hydrogens is 190 g/mol. The molecule has 5 nitrogen and oxygen atoms in total. The largest absolute Gasteiger partial charge is 0.352 e. The maximum atomic E-state index is 11.1. The van der Waals surface area contributed by atoms with Crippen LogP contribution < -0.4 is 5.32 Å². The Morgan fingerprint density at radius 3 is 3.00 bits per heavy atom. The molecule has 1 aromatic heterocycles. The van der Waals surface area contributed by atoms with Crippen LogP contribution in [0.2, 0.25) is 0 Å². The second-order valence-electron chi connectivity index (χ2n) is 3.18. The number of sulfone groups is 1. The summed E-state index contributed by atoms with van der Waals surface area (Å²) < 4.78 is 22.2. The Balaban J connectivity index is 1.99. The molecule has 13 heavy (non-hydrogen) atoms. The van der Waals surface area contributed by atoms with Gasteiger partial charge in [0, 0.05) is 18.4 Å². The van der Waals surface area contributed by atoms with Crippen LogP contribution in [0.25, 0.3) is 0 Å². The van der Waals surface area contributed by atoms with E-state index in [9.17, 15) is 8.42 Å². The molecule has 1 aliphatic rings. The van der Waals surface area contributed by atoms with Gasteiger partial charge < -0.3 is 10.3 Å². The summed E-state index contributed by atoms with van der Waals surface area (Å²) in [4.78, 5) is 6.84. The fourth-order valence-corrected chi connectivity index (χ4v) is 3.12. The van der Waals surface area contributed by atoms with E-state index in [0.717, 1.165) is 0 Å². The molecule has 6 heteroatoms. The standard InChI is InChI=1S/C7H11N3O2S/c11-13(12)4-1-6(5-13)10-7-8-2-3-9-7/h2-3,6H,1,4-5H2,(H2,8,9,10). The van der Waals surface area contributed by atoms with Crippen LogP contribution in [-0.4, -0.2) is 35.9 Å². The van der Waals surface area contributed by atoms with Gasteiger partial charge in [-0.3, -0.25) is 0 Å². The molecule has 2 rings (SSSR count). The zero-order valence-electron chi connectivity index (χ0n) is 7.03. The SMILES string of the molecule is O=S1(=O)CCC(Nc2ncc[nH]2)C1. The number of hydrogen-bond acceptors (Lipinski definition) is 4. The topological polar surface area (TPSA) is 74.8 Å². The van der Waals surface area contributed by atoms with Gasteiger partial charge in [-0.1, -0.05) is 0 Å². The van der Waals surface area contributed by atoms with Crippen LogP contribution in [0.3, 0.4) is 0 Å². The molecule has 2 heterocycles. The van der Waals surface area contributed by atoms with E-state index in [4.69, 9.17) is 0 Å². The number of nitrogens with zero attached hydrogens (tertiary/aromatic N) is 1. The van der Waals surface area contributed by atoms with E-state index >= 15 is 0 Å². The molecular formula is C7H11N3O2S. The normalized spacial score (nSPS) is 26.0. The number of anilines is 1. The first-order chi connectivity index (χ1) is 6.16. The fourth-order valence-electron chi connectivity index (χ4n) is 1.45. The highest BCUT2D eigenvalue weighted by molar-refractivity contribution is 7.91. The number of H-pyrrole nitrogens is 1. The summed E-state index contributed by atoms with van der Waals surface area (Å²) in [7, 11) is -2.80. The highest BCUT2D eigenvalue weighted by Crippen LogP contribution is 2.14. The molecule has 0 radical (unpaired) electrons. The van der Waals surface area contributed by atoms with Crippen molar-refractivity contribution in [2.75, 3.05) is 16.8 Å². The minimum Gasteiger partial charge on any atom is -0.352 e. The van der Waals surface area contributed by atoms with Crippen LogP contribution in [0, 0.1) is 0 Å². The van der Waals surface area contributed by atoms with E-state index in [2.05, 4.69) is 15.3 Å². The molecule has 1 aromatic rings. The van der Waals surface area contributed by atoms with Gasteiger partial charge in [-0.15, -0.1) is 0 Å². The van der Waals surface area contributed by atoms with E-state index in [1.54, 1.807) is 12.4 Å². The Labute approximate surface area is 76.5 Å². The molecule has 0 bridgehead atoms. The third-order valence-corrected chi connectivity index (χ3v) is 3.84. The van der Waals surface area contributed by atoms with Crippen LogP contribution in [0.5, 0.6) is 0 Å². The van der Waals surface area contributed by atoms with Crippen molar-refractivity contribution in [1.29, 1.82) is 0 Å². The zero-order chi connectivity index (χ0) is 9.31. The average molecular weight is 201 g/mol. The summed E-state index contributed by atoms with van der Waals surface area (Å²) in [6.07, 6.45) is 4.00. The van der Waals surface area contributed by atoms with Crippen molar-refractivity contribution >= 4 is 15.8 Å². The molecule has 2 N–H and O–H groups in total. The van der Waals surface area contributed by atoms with Gasteiger partial charge in [0.05, 0.1) is 11.5 Å². The molecule has 1 unspecified atom stereocenters. The summed E-state index contributed by atoms with van der Waals surface area (Å²) in [5.74, 6) is 1.14. The second-order valence-corrected chi connectivity index (χ2v) is 5.41. The molecule has 0 spiro atoms. The summed E-state index contributed by atoms with van der Waals surface area (Å²) in [5, 5.41) is 3.03. The van der Waals surface area contributed by atoms with Crippen molar-refractivity contribution in [1.82, 2.24) is 9.97 Å². The zero-order valence-corrected chi connectivity index (χ0v) is 7.84. The predicted octanol–water partition coefficient (Wildman–Crippen LogP) is 0.00870. The van der Waals surface area contributed by atoms with E-state index in [-0.39, 0.29) is 17.5 Å². The molecule has 0 saturated carbocycles. The fraction of sp³-hybridized carbons (Fsp3) is 0.571.